The van der Waals surface area contributed by atoms with Gasteiger partial charge in [0.2, 0.25) is 0 Å². The molecule has 0 aromatic heterocycles. The molecule has 0 saturated carbocycles. The monoisotopic (exact) mass is 544 g/mol. The van der Waals surface area contributed by atoms with Crippen LogP contribution < -0.4 is 0 Å². The Labute approximate surface area is 167 Å². The molecule has 0 aliphatic rings. The largest absolute Gasteiger partial charge is 2.00 e. The molecule has 0 saturated heterocycles. The Hall–Kier alpha value is 1.64. The molecule has 0 heterocycles. The Balaban J connectivity index is -0.000000140. The molecular formula is C18H37UV-. The Morgan fingerprint density at radius 1 is 1.10 bits per heavy atom. The van der Waals surface area contributed by atoms with E-state index >= 15 is 0 Å². The molecule has 0 fully saturated rings. The van der Waals surface area contributed by atoms with Crippen LogP contribution in [0.2, 0.25) is 0 Å². The second kappa shape index (κ2) is 14.2. The molecular weight excluding hydrogens is 505 g/mol. The first kappa shape index (κ1) is 26.5. The SMILES string of the molecule is [3H]C(C)(C)C([CH2-])C.[CH2-]C(C)C(C)(CC)C(C)[C-](C)C.[U].[V+2]. The van der Waals surface area contributed by atoms with Gasteiger partial charge in [-0.2, -0.15) is 31.6 Å². The molecule has 4 unspecified atom stereocenters. The second-order valence-corrected chi connectivity index (χ2v) is 6.54. The first-order chi connectivity index (χ1) is 8.30. The summed E-state index contributed by atoms with van der Waals surface area (Å²) in [6.45, 7) is 27.2. The summed E-state index contributed by atoms with van der Waals surface area (Å²) in [5, 5.41) is 0. The fourth-order valence-corrected chi connectivity index (χ4v) is 1.74. The first-order valence-electron chi connectivity index (χ1n) is 7.76. The van der Waals surface area contributed by atoms with Crippen LogP contribution in [0.1, 0.15) is 70.1 Å². The molecule has 119 valence electrons. The zero-order valence-electron chi connectivity index (χ0n) is 16.3. The molecule has 0 aromatic carbocycles. The summed E-state index contributed by atoms with van der Waals surface area (Å²) < 4.78 is 7.32. The van der Waals surface area contributed by atoms with Gasteiger partial charge in [-0.1, -0.05) is 66.2 Å². The van der Waals surface area contributed by atoms with Crippen LogP contribution in [0.25, 0.3) is 0 Å². The van der Waals surface area contributed by atoms with E-state index in [9.17, 15) is 0 Å². The van der Waals surface area contributed by atoms with E-state index in [1.165, 1.54) is 12.3 Å². The van der Waals surface area contributed by atoms with E-state index in [0.29, 0.717) is 17.3 Å². The molecule has 1 radical (unpaired) electrons. The Bertz CT molecular complexity index is 234. The van der Waals surface area contributed by atoms with Crippen LogP contribution in [-0.2, 0) is 18.6 Å². The maximum Gasteiger partial charge on any atom is 2.00 e. The topological polar surface area (TPSA) is 0 Å². The molecule has 0 bridgehead atoms. The summed E-state index contributed by atoms with van der Waals surface area (Å²) >= 11 is 0. The molecule has 20 heavy (non-hydrogen) atoms. The van der Waals surface area contributed by atoms with Crippen LogP contribution in [-0.4, -0.2) is 0 Å². The van der Waals surface area contributed by atoms with Crippen molar-refractivity contribution in [2.75, 3.05) is 0 Å². The van der Waals surface area contributed by atoms with Gasteiger partial charge in [-0.3, -0.25) is 0 Å². The molecule has 0 nitrogen and oxygen atoms in total. The molecule has 0 rings (SSSR count). The van der Waals surface area contributed by atoms with Gasteiger partial charge in [-0.25, -0.2) is 0 Å². The number of rotatable bonds is 5. The average Bonchev–Trinajstić information content (AvgIpc) is 2.25. The minimum absolute atomic E-state index is 0. The summed E-state index contributed by atoms with van der Waals surface area (Å²) in [6.07, 6.45) is 1.21. The van der Waals surface area contributed by atoms with Gasteiger partial charge in [0.15, 0.2) is 0 Å². The third kappa shape index (κ3) is 11.2. The average molecular weight is 544 g/mol. The van der Waals surface area contributed by atoms with Crippen molar-refractivity contribution in [3.8, 4) is 0 Å². The quantitative estimate of drug-likeness (QED) is 0.360. The van der Waals surface area contributed by atoms with E-state index in [1.54, 1.807) is 0 Å². The standard InChI is InChI=1S/C12H24.C6H13.U.V/c1-8-12(7,10(4)5)11(6)9(2)3;1-5(2)6(3)4;;/h10-11H,4,8H2,1-3,5-7H3;5-6H,1H2,2-4H3;;/q-2;-1;;+2/i;6T;;. The summed E-state index contributed by atoms with van der Waals surface area (Å²) in [4.78, 5) is 0. The van der Waals surface area contributed by atoms with Crippen LogP contribution in [0.15, 0.2) is 0 Å². The van der Waals surface area contributed by atoms with Gasteiger partial charge in [0.05, 0.1) is 0 Å². The van der Waals surface area contributed by atoms with Gasteiger partial charge in [-0.15, -0.1) is 0 Å². The van der Waals surface area contributed by atoms with Gasteiger partial charge in [0.1, 0.15) is 0 Å². The van der Waals surface area contributed by atoms with Crippen LogP contribution in [0, 0.1) is 79.9 Å². The normalized spacial score (nSPS) is 19.1. The molecule has 0 aliphatic carbocycles. The van der Waals surface area contributed by atoms with Crippen molar-refractivity contribution < 1.29 is 51.0 Å². The number of hydrogen-bond acceptors (Lipinski definition) is 0. The van der Waals surface area contributed by atoms with Gasteiger partial charge in [-0.05, 0) is 0 Å². The van der Waals surface area contributed by atoms with Crippen molar-refractivity contribution in [2.24, 2.45) is 29.1 Å². The molecule has 0 aromatic rings. The fraction of sp³-hybridized carbons (Fsp3) is 0.833. The predicted octanol–water partition coefficient (Wildman–Crippen LogP) is 6.23. The predicted molar refractivity (Wildman–Crippen MR) is 86.0 cm³/mol. The number of hydrogen-bond donors (Lipinski definition) is 0. The van der Waals surface area contributed by atoms with Crippen molar-refractivity contribution in [1.82, 2.24) is 0 Å². The molecule has 0 aliphatic heterocycles. The Morgan fingerprint density at radius 3 is 1.45 bits per heavy atom. The summed E-state index contributed by atoms with van der Waals surface area (Å²) in [6, 6.07) is 0. The van der Waals surface area contributed by atoms with E-state index in [4.69, 9.17) is 1.37 Å². The maximum absolute atomic E-state index is 7.32. The van der Waals surface area contributed by atoms with Crippen molar-refractivity contribution in [3.05, 3.63) is 19.8 Å². The van der Waals surface area contributed by atoms with Gasteiger partial charge >= 0.3 is 18.6 Å². The summed E-state index contributed by atoms with van der Waals surface area (Å²) in [5.41, 5.74) is 0.374. The van der Waals surface area contributed by atoms with E-state index in [0.717, 1.165) is 0 Å². The second-order valence-electron chi connectivity index (χ2n) is 6.54. The van der Waals surface area contributed by atoms with Crippen LogP contribution in [0.4, 0.5) is 0 Å². The molecule has 0 N–H and O–H groups in total. The van der Waals surface area contributed by atoms with Crippen molar-refractivity contribution >= 4 is 0 Å². The van der Waals surface area contributed by atoms with Gasteiger partial charge in [0.25, 0.3) is 0 Å². The summed E-state index contributed by atoms with van der Waals surface area (Å²) in [7, 11) is 0. The maximum atomic E-state index is 7.32. The zero-order chi connectivity index (χ0) is 16.0. The van der Waals surface area contributed by atoms with E-state index in [1.807, 2.05) is 20.8 Å². The third-order valence-electron chi connectivity index (χ3n) is 4.73. The van der Waals surface area contributed by atoms with Crippen LogP contribution in [0.5, 0.6) is 0 Å². The zero-order valence-corrected chi connectivity index (χ0v) is 20.9. The smallest absolute Gasteiger partial charge is 0.340 e. The molecule has 0 amide bonds. The van der Waals surface area contributed by atoms with Crippen LogP contribution >= 0.6 is 0 Å². The molecule has 2 heteroatoms. The molecule has 0 spiro atoms. The summed E-state index contributed by atoms with van der Waals surface area (Å²) in [5.74, 6) is 2.57. The van der Waals surface area contributed by atoms with Gasteiger partial charge in [0, 0.05) is 32.5 Å². The minimum atomic E-state index is -0.361. The van der Waals surface area contributed by atoms with Crippen molar-refractivity contribution in [1.29, 1.82) is 0 Å². The van der Waals surface area contributed by atoms with E-state index < -0.39 is 0 Å². The Kier molecular flexibility index (Phi) is 18.9. The van der Waals surface area contributed by atoms with E-state index in [2.05, 4.69) is 55.4 Å². The minimum Gasteiger partial charge on any atom is -0.340 e. The van der Waals surface area contributed by atoms with Gasteiger partial charge < -0.3 is 19.8 Å². The third-order valence-corrected chi connectivity index (χ3v) is 4.73. The first-order valence-corrected chi connectivity index (χ1v) is 7.26. The molecule has 4 atom stereocenters. The van der Waals surface area contributed by atoms with Crippen molar-refractivity contribution in [2.45, 2.75) is 68.7 Å². The fourth-order valence-electron chi connectivity index (χ4n) is 1.74. The van der Waals surface area contributed by atoms with Crippen LogP contribution in [0.3, 0.4) is 0 Å². The van der Waals surface area contributed by atoms with E-state index in [-0.39, 0.29) is 61.5 Å². The van der Waals surface area contributed by atoms with Crippen molar-refractivity contribution in [3.63, 3.8) is 0 Å². The Morgan fingerprint density at radius 2 is 1.40 bits per heavy atom.